The van der Waals surface area contributed by atoms with Gasteiger partial charge in [0.2, 0.25) is 23.6 Å². The first-order valence-electron chi connectivity index (χ1n) is 5.45. The number of hydrogen-bond acceptors (Lipinski definition) is 9. The molecule has 0 fully saturated rings. The average Bonchev–Trinajstić information content (AvgIpc) is 2.87. The Morgan fingerprint density at radius 2 is 1.84 bits per heavy atom. The summed E-state index contributed by atoms with van der Waals surface area (Å²) >= 11 is 0. The Balaban J connectivity index is 2.21. The highest BCUT2D eigenvalue weighted by molar-refractivity contribution is 5.42. The van der Waals surface area contributed by atoms with E-state index in [9.17, 15) is 0 Å². The Kier molecular flexibility index (Phi) is 3.76. The molecule has 0 radical (unpaired) electrons. The van der Waals surface area contributed by atoms with E-state index in [-0.39, 0.29) is 18.0 Å². The molecule has 0 bridgehead atoms. The van der Waals surface area contributed by atoms with Gasteiger partial charge in [-0.25, -0.2) is 0 Å². The monoisotopic (exact) mass is 266 g/mol. The van der Waals surface area contributed by atoms with Gasteiger partial charge in [0.25, 0.3) is 0 Å². The van der Waals surface area contributed by atoms with Gasteiger partial charge in [0.15, 0.2) is 0 Å². The molecule has 0 saturated heterocycles. The van der Waals surface area contributed by atoms with E-state index in [2.05, 4.69) is 25.5 Å². The van der Waals surface area contributed by atoms with Gasteiger partial charge >= 0.3 is 6.01 Å². The maximum absolute atomic E-state index is 5.62. The zero-order valence-electron chi connectivity index (χ0n) is 10.7. The third-order valence-corrected chi connectivity index (χ3v) is 2.15. The Morgan fingerprint density at radius 1 is 1.21 bits per heavy atom. The Hall–Kier alpha value is -2.42. The summed E-state index contributed by atoms with van der Waals surface area (Å²) in [4.78, 5) is 8.13. The summed E-state index contributed by atoms with van der Waals surface area (Å²) in [6, 6.07) is 1.35. The van der Waals surface area contributed by atoms with Crippen LogP contribution in [0.5, 0.6) is 11.8 Å². The second-order valence-electron chi connectivity index (χ2n) is 3.64. The van der Waals surface area contributed by atoms with E-state index < -0.39 is 0 Å². The van der Waals surface area contributed by atoms with Crippen molar-refractivity contribution in [2.75, 3.05) is 19.5 Å². The number of methoxy groups -OCH3 is 2. The number of anilines is 2. The van der Waals surface area contributed by atoms with E-state index >= 15 is 0 Å². The molecule has 0 aromatic carbocycles. The molecule has 2 aromatic heterocycles. The second-order valence-corrected chi connectivity index (χ2v) is 3.64. The second kappa shape index (κ2) is 5.48. The van der Waals surface area contributed by atoms with Crippen LogP contribution in [0.1, 0.15) is 18.9 Å². The molecule has 3 N–H and O–H groups in total. The van der Waals surface area contributed by atoms with Crippen molar-refractivity contribution in [1.29, 1.82) is 0 Å². The van der Waals surface area contributed by atoms with Crippen molar-refractivity contribution in [3.05, 3.63) is 12.0 Å². The Labute approximate surface area is 109 Å². The van der Waals surface area contributed by atoms with E-state index in [0.29, 0.717) is 17.7 Å². The van der Waals surface area contributed by atoms with Gasteiger partial charge in [-0.2, -0.15) is 9.97 Å². The molecule has 2 aromatic rings. The molecule has 9 nitrogen and oxygen atoms in total. The van der Waals surface area contributed by atoms with E-state index in [0.717, 1.165) is 0 Å². The summed E-state index contributed by atoms with van der Waals surface area (Å²) in [5.74, 6) is 1.23. The van der Waals surface area contributed by atoms with Crippen LogP contribution in [-0.4, -0.2) is 34.4 Å². The lowest BCUT2D eigenvalue weighted by atomic mass is 10.4. The molecular weight excluding hydrogens is 252 g/mol. The minimum Gasteiger partial charge on any atom is -0.481 e. The van der Waals surface area contributed by atoms with Gasteiger partial charge in [0, 0.05) is 0 Å². The summed E-state index contributed by atoms with van der Waals surface area (Å²) < 4.78 is 15.3. The molecule has 2 heterocycles. The average molecular weight is 266 g/mol. The number of rotatable bonds is 5. The molecule has 19 heavy (non-hydrogen) atoms. The highest BCUT2D eigenvalue weighted by Gasteiger charge is 2.12. The van der Waals surface area contributed by atoms with Crippen molar-refractivity contribution in [1.82, 2.24) is 20.2 Å². The van der Waals surface area contributed by atoms with Crippen molar-refractivity contribution < 1.29 is 13.9 Å². The topological polar surface area (TPSA) is 121 Å². The van der Waals surface area contributed by atoms with E-state index in [1.807, 2.05) is 0 Å². The number of aromatic nitrogens is 4. The summed E-state index contributed by atoms with van der Waals surface area (Å²) in [5, 5.41) is 10.3. The zero-order valence-corrected chi connectivity index (χ0v) is 10.7. The molecule has 1 atom stereocenters. The maximum atomic E-state index is 5.62. The van der Waals surface area contributed by atoms with Crippen LogP contribution in [0.25, 0.3) is 0 Å². The van der Waals surface area contributed by atoms with Crippen LogP contribution in [0.4, 0.5) is 12.0 Å². The normalized spacial score (nSPS) is 12.0. The zero-order chi connectivity index (χ0) is 13.8. The predicted octanol–water partition coefficient (Wildman–Crippen LogP) is 0.640. The smallest absolute Gasteiger partial charge is 0.322 e. The van der Waals surface area contributed by atoms with Crippen molar-refractivity contribution in [2.45, 2.75) is 13.0 Å². The van der Waals surface area contributed by atoms with Crippen LogP contribution < -0.4 is 20.5 Å². The standard InChI is InChI=1S/C10H14N6O3/c1-5(11)8-15-16-10(19-8)14-9-12-6(17-2)4-7(13-9)18-3/h4-5H,11H2,1-3H3,(H,12,13,14,16). The molecule has 9 heteroatoms. The fourth-order valence-corrected chi connectivity index (χ4v) is 1.23. The first-order chi connectivity index (χ1) is 9.12. The van der Waals surface area contributed by atoms with Gasteiger partial charge < -0.3 is 19.6 Å². The minimum absolute atomic E-state index is 0.141. The van der Waals surface area contributed by atoms with Gasteiger partial charge in [0.05, 0.1) is 26.3 Å². The summed E-state index contributed by atoms with van der Waals surface area (Å²) in [5.41, 5.74) is 5.62. The molecule has 0 aliphatic heterocycles. The van der Waals surface area contributed by atoms with Crippen LogP contribution >= 0.6 is 0 Å². The molecule has 1 unspecified atom stereocenters. The molecule has 2 rings (SSSR count). The van der Waals surface area contributed by atoms with Crippen LogP contribution in [0.3, 0.4) is 0 Å². The third-order valence-electron chi connectivity index (χ3n) is 2.15. The molecule has 0 amide bonds. The fraction of sp³-hybridized carbons (Fsp3) is 0.400. The van der Waals surface area contributed by atoms with Gasteiger partial charge in [0.1, 0.15) is 0 Å². The lowest BCUT2D eigenvalue weighted by molar-refractivity contribution is 0.373. The highest BCUT2D eigenvalue weighted by atomic mass is 16.5. The van der Waals surface area contributed by atoms with E-state index in [1.54, 1.807) is 13.0 Å². The van der Waals surface area contributed by atoms with Crippen molar-refractivity contribution in [3.8, 4) is 11.8 Å². The number of hydrogen-bond donors (Lipinski definition) is 2. The van der Waals surface area contributed by atoms with Gasteiger partial charge in [-0.3, -0.25) is 5.32 Å². The lowest BCUT2D eigenvalue weighted by Crippen LogP contribution is -2.04. The predicted molar refractivity (Wildman–Crippen MR) is 65.3 cm³/mol. The lowest BCUT2D eigenvalue weighted by Gasteiger charge is -2.05. The van der Waals surface area contributed by atoms with Gasteiger partial charge in [-0.05, 0) is 6.92 Å². The summed E-state index contributed by atoms with van der Waals surface area (Å²) in [6.07, 6.45) is 0. The summed E-state index contributed by atoms with van der Waals surface area (Å²) in [7, 11) is 2.99. The largest absolute Gasteiger partial charge is 0.481 e. The fourth-order valence-electron chi connectivity index (χ4n) is 1.23. The SMILES string of the molecule is COc1cc(OC)nc(Nc2nnc(C(C)N)o2)n1. The van der Waals surface area contributed by atoms with E-state index in [1.165, 1.54) is 14.2 Å². The Morgan fingerprint density at radius 3 is 2.32 bits per heavy atom. The number of nitrogens with two attached hydrogens (primary N) is 1. The minimum atomic E-state index is -0.344. The van der Waals surface area contributed by atoms with Crippen LogP contribution in [0.15, 0.2) is 10.5 Å². The molecule has 0 spiro atoms. The third kappa shape index (κ3) is 3.07. The molecule has 0 aliphatic rings. The molecule has 0 aliphatic carbocycles. The van der Waals surface area contributed by atoms with Crippen LogP contribution in [0, 0.1) is 0 Å². The first kappa shape index (κ1) is 13.0. The van der Waals surface area contributed by atoms with E-state index in [4.69, 9.17) is 19.6 Å². The molecule has 102 valence electrons. The van der Waals surface area contributed by atoms with Crippen molar-refractivity contribution >= 4 is 12.0 Å². The number of ether oxygens (including phenoxy) is 2. The summed E-state index contributed by atoms with van der Waals surface area (Å²) in [6.45, 7) is 1.74. The molecular formula is C10H14N6O3. The number of nitrogens with one attached hydrogen (secondary N) is 1. The van der Waals surface area contributed by atoms with Gasteiger partial charge in [-0.15, -0.1) is 5.10 Å². The van der Waals surface area contributed by atoms with Crippen molar-refractivity contribution in [2.24, 2.45) is 5.73 Å². The molecule has 0 saturated carbocycles. The highest BCUT2D eigenvalue weighted by Crippen LogP contribution is 2.20. The first-order valence-corrected chi connectivity index (χ1v) is 5.45. The Bertz CT molecular complexity index is 534. The van der Waals surface area contributed by atoms with Gasteiger partial charge in [-0.1, -0.05) is 5.10 Å². The number of nitrogens with zero attached hydrogens (tertiary/aromatic N) is 4. The quantitative estimate of drug-likeness (QED) is 0.802. The maximum Gasteiger partial charge on any atom is 0.322 e. The van der Waals surface area contributed by atoms with Crippen LogP contribution in [0.2, 0.25) is 0 Å². The van der Waals surface area contributed by atoms with Crippen molar-refractivity contribution in [3.63, 3.8) is 0 Å². The van der Waals surface area contributed by atoms with Crippen LogP contribution in [-0.2, 0) is 0 Å².